The highest BCUT2D eigenvalue weighted by molar-refractivity contribution is 7.17. The number of fused-ring (bicyclic) bond motifs is 1. The molecule has 158 valence electrons. The lowest BCUT2D eigenvalue weighted by molar-refractivity contribution is -0.135. The smallest absolute Gasteiger partial charge is 0.327 e. The third-order valence-corrected chi connectivity index (χ3v) is 6.57. The minimum Gasteiger partial charge on any atom is -0.480 e. The Labute approximate surface area is 180 Å². The second-order valence-corrected chi connectivity index (χ2v) is 8.62. The molecule has 2 aliphatic heterocycles. The Morgan fingerprint density at radius 1 is 1.30 bits per heavy atom. The summed E-state index contributed by atoms with van der Waals surface area (Å²) in [4.78, 5) is 19.9. The maximum Gasteiger partial charge on any atom is 0.327 e. The van der Waals surface area contributed by atoms with Crippen molar-refractivity contribution in [2.24, 2.45) is 33.0 Å². The number of aliphatic carboxylic acids is 1. The summed E-state index contributed by atoms with van der Waals surface area (Å²) >= 11 is 7.66. The highest BCUT2D eigenvalue weighted by Gasteiger charge is 2.41. The molecule has 0 amide bonds. The Morgan fingerprint density at radius 3 is 2.70 bits per heavy atom. The number of thiazole rings is 1. The van der Waals surface area contributed by atoms with Crippen molar-refractivity contribution >= 4 is 45.6 Å². The number of amidine groups is 1. The van der Waals surface area contributed by atoms with Gasteiger partial charge < -0.3 is 20.6 Å². The van der Waals surface area contributed by atoms with E-state index in [0.717, 1.165) is 37.0 Å². The zero-order chi connectivity index (χ0) is 21.3. The first-order valence-electron chi connectivity index (χ1n) is 9.23. The molecule has 0 saturated carbocycles. The fourth-order valence-corrected chi connectivity index (χ4v) is 4.89. The maximum absolute atomic E-state index is 13.6. The number of nitrogens with two attached hydrogens (primary N) is 1. The molecule has 3 heterocycles. The molecule has 1 aromatic heterocycles. The van der Waals surface area contributed by atoms with Crippen molar-refractivity contribution in [1.82, 2.24) is 4.98 Å². The number of aromatic nitrogens is 1. The van der Waals surface area contributed by atoms with Crippen LogP contribution in [0.3, 0.4) is 0 Å². The van der Waals surface area contributed by atoms with Gasteiger partial charge in [-0.15, -0.1) is 5.10 Å². The largest absolute Gasteiger partial charge is 0.480 e. The molecule has 2 saturated heterocycles. The van der Waals surface area contributed by atoms with Crippen molar-refractivity contribution in [3.63, 3.8) is 0 Å². The summed E-state index contributed by atoms with van der Waals surface area (Å²) in [5, 5.41) is 20.5. The van der Waals surface area contributed by atoms with Crippen molar-refractivity contribution in [3.8, 4) is 0 Å². The van der Waals surface area contributed by atoms with Gasteiger partial charge in [0.2, 0.25) is 0 Å². The first kappa shape index (κ1) is 20.5. The standard InChI is InChI=1S/C18H19ClFN7O2S/c19-13-2-1-12(20)3-14(13)26-6-10-8-27(9-11(10)7-26)18-22-4-15(30-18)17(21)24-25-23-5-16(28)29/h1-4,10-11H,5-9H2,(H,28,29)(H2,21,23,24). The first-order valence-corrected chi connectivity index (χ1v) is 10.4. The fraction of sp³-hybridized carbons (Fsp3) is 0.389. The van der Waals surface area contributed by atoms with E-state index < -0.39 is 12.5 Å². The molecule has 2 aliphatic rings. The number of benzene rings is 1. The molecule has 30 heavy (non-hydrogen) atoms. The molecule has 0 radical (unpaired) electrons. The lowest BCUT2D eigenvalue weighted by atomic mass is 10.0. The average molecular weight is 452 g/mol. The average Bonchev–Trinajstić information content (AvgIpc) is 3.41. The molecule has 2 atom stereocenters. The summed E-state index contributed by atoms with van der Waals surface area (Å²) in [6, 6.07) is 4.45. The minimum atomic E-state index is -1.09. The van der Waals surface area contributed by atoms with Gasteiger partial charge in [0.05, 0.1) is 21.8 Å². The zero-order valence-corrected chi connectivity index (χ0v) is 17.4. The summed E-state index contributed by atoms with van der Waals surface area (Å²) < 4.78 is 13.6. The highest BCUT2D eigenvalue weighted by atomic mass is 35.5. The minimum absolute atomic E-state index is 0.138. The summed E-state index contributed by atoms with van der Waals surface area (Å²) in [5.41, 5.74) is 6.62. The summed E-state index contributed by atoms with van der Waals surface area (Å²) in [6.45, 7) is 2.86. The van der Waals surface area contributed by atoms with Crippen LogP contribution in [0, 0.1) is 17.7 Å². The number of hydrogen-bond donors (Lipinski definition) is 2. The van der Waals surface area contributed by atoms with Crippen LogP contribution in [-0.2, 0) is 4.79 Å². The Bertz CT molecular complexity index is 1000. The quantitative estimate of drug-likeness (QED) is 0.301. The van der Waals surface area contributed by atoms with Crippen LogP contribution in [0.2, 0.25) is 5.02 Å². The van der Waals surface area contributed by atoms with Gasteiger partial charge in [-0.05, 0) is 23.4 Å². The molecule has 0 spiro atoms. The van der Waals surface area contributed by atoms with Gasteiger partial charge in [0, 0.05) is 38.0 Å². The lowest BCUT2D eigenvalue weighted by Crippen LogP contribution is -2.28. The maximum atomic E-state index is 13.6. The van der Waals surface area contributed by atoms with Gasteiger partial charge in [-0.25, -0.2) is 9.37 Å². The number of carboxylic acid groups (broad SMARTS) is 1. The van der Waals surface area contributed by atoms with Crippen molar-refractivity contribution in [2.45, 2.75) is 0 Å². The molecule has 3 N–H and O–H groups in total. The SMILES string of the molecule is N/C(=N\N=NCC(=O)O)c1cnc(N2CC3CN(c4cc(F)ccc4Cl)CC3C2)s1. The molecule has 9 nitrogen and oxygen atoms in total. The summed E-state index contributed by atoms with van der Waals surface area (Å²) in [7, 11) is 0. The molecule has 0 bridgehead atoms. The van der Waals surface area contributed by atoms with E-state index in [0.29, 0.717) is 21.7 Å². The van der Waals surface area contributed by atoms with Gasteiger partial charge in [0.25, 0.3) is 0 Å². The van der Waals surface area contributed by atoms with Crippen LogP contribution in [0.4, 0.5) is 15.2 Å². The van der Waals surface area contributed by atoms with Crippen LogP contribution in [0.25, 0.3) is 0 Å². The van der Waals surface area contributed by atoms with E-state index in [1.54, 1.807) is 12.3 Å². The van der Waals surface area contributed by atoms with Crippen LogP contribution in [0.15, 0.2) is 39.8 Å². The van der Waals surface area contributed by atoms with E-state index >= 15 is 0 Å². The van der Waals surface area contributed by atoms with Crippen LogP contribution < -0.4 is 15.5 Å². The van der Waals surface area contributed by atoms with E-state index in [9.17, 15) is 9.18 Å². The van der Waals surface area contributed by atoms with Crippen molar-refractivity contribution in [1.29, 1.82) is 0 Å². The van der Waals surface area contributed by atoms with E-state index in [1.807, 2.05) is 0 Å². The van der Waals surface area contributed by atoms with Gasteiger partial charge in [0.15, 0.2) is 17.5 Å². The van der Waals surface area contributed by atoms with E-state index in [-0.39, 0.29) is 11.7 Å². The Hall–Kier alpha value is -2.79. The van der Waals surface area contributed by atoms with Crippen LogP contribution in [0.5, 0.6) is 0 Å². The van der Waals surface area contributed by atoms with Crippen molar-refractivity contribution in [3.05, 3.63) is 40.1 Å². The van der Waals surface area contributed by atoms with Crippen molar-refractivity contribution in [2.75, 3.05) is 42.5 Å². The molecule has 0 aliphatic carbocycles. The molecule has 12 heteroatoms. The summed E-state index contributed by atoms with van der Waals surface area (Å²) in [6.07, 6.45) is 1.62. The first-order chi connectivity index (χ1) is 14.4. The van der Waals surface area contributed by atoms with E-state index in [4.69, 9.17) is 22.4 Å². The van der Waals surface area contributed by atoms with Gasteiger partial charge >= 0.3 is 5.97 Å². The van der Waals surface area contributed by atoms with Gasteiger partial charge in [-0.3, -0.25) is 4.79 Å². The van der Waals surface area contributed by atoms with Crippen LogP contribution >= 0.6 is 22.9 Å². The molecule has 2 unspecified atom stereocenters. The number of carbonyl (C=O) groups is 1. The number of hydrogen-bond acceptors (Lipinski definition) is 7. The molecule has 2 aromatic rings. The Balaban J connectivity index is 1.38. The normalized spacial score (nSPS) is 21.6. The van der Waals surface area contributed by atoms with Crippen LogP contribution in [-0.4, -0.2) is 54.6 Å². The summed E-state index contributed by atoms with van der Waals surface area (Å²) in [5.74, 6) is -0.366. The topological polar surface area (TPSA) is 120 Å². The number of halogens is 2. The molecular weight excluding hydrogens is 433 g/mol. The zero-order valence-electron chi connectivity index (χ0n) is 15.8. The Kier molecular flexibility index (Phi) is 5.82. The highest BCUT2D eigenvalue weighted by Crippen LogP contribution is 2.39. The van der Waals surface area contributed by atoms with Gasteiger partial charge in [-0.2, -0.15) is 5.11 Å². The third kappa shape index (κ3) is 4.36. The second-order valence-electron chi connectivity index (χ2n) is 7.20. The predicted molar refractivity (Wildman–Crippen MR) is 113 cm³/mol. The molecule has 1 aromatic carbocycles. The number of nitrogens with zero attached hydrogens (tertiary/aromatic N) is 6. The molecular formula is C18H19ClFN7O2S. The third-order valence-electron chi connectivity index (χ3n) is 5.17. The van der Waals surface area contributed by atoms with E-state index in [2.05, 4.69) is 30.2 Å². The lowest BCUT2D eigenvalue weighted by Gasteiger charge is -2.23. The van der Waals surface area contributed by atoms with Crippen molar-refractivity contribution < 1.29 is 14.3 Å². The number of rotatable bonds is 6. The van der Waals surface area contributed by atoms with E-state index in [1.165, 1.54) is 23.5 Å². The van der Waals surface area contributed by atoms with Gasteiger partial charge in [0.1, 0.15) is 5.82 Å². The number of anilines is 2. The molecule has 4 rings (SSSR count). The van der Waals surface area contributed by atoms with Gasteiger partial charge in [-0.1, -0.05) is 22.9 Å². The fourth-order valence-electron chi connectivity index (χ4n) is 3.82. The second kappa shape index (κ2) is 8.52. The van der Waals surface area contributed by atoms with Crippen LogP contribution in [0.1, 0.15) is 4.88 Å². The number of carboxylic acids is 1. The Morgan fingerprint density at radius 2 is 2.00 bits per heavy atom. The monoisotopic (exact) mass is 451 g/mol. The predicted octanol–water partition coefficient (Wildman–Crippen LogP) is 2.67. The molecule has 2 fully saturated rings.